The van der Waals surface area contributed by atoms with Crippen molar-refractivity contribution in [3.05, 3.63) is 26.5 Å². The van der Waals surface area contributed by atoms with Crippen LogP contribution in [0, 0.1) is 5.92 Å². The van der Waals surface area contributed by atoms with E-state index in [1.807, 2.05) is 5.48 Å². The molecular formula is C17H18N4O6S. The Labute approximate surface area is 162 Å². The highest BCUT2D eigenvalue weighted by Gasteiger charge is 2.31. The lowest BCUT2D eigenvalue weighted by Gasteiger charge is -2.26. The lowest BCUT2D eigenvalue weighted by atomic mass is 10.1. The van der Waals surface area contributed by atoms with Crippen molar-refractivity contribution in [2.75, 3.05) is 6.54 Å². The average molecular weight is 406 g/mol. The highest BCUT2D eigenvalue weighted by molar-refractivity contribution is 7.17. The molecule has 1 aliphatic carbocycles. The van der Waals surface area contributed by atoms with E-state index in [1.54, 1.807) is 4.90 Å². The predicted molar refractivity (Wildman–Crippen MR) is 96.7 cm³/mol. The van der Waals surface area contributed by atoms with Crippen molar-refractivity contribution >= 4 is 34.1 Å². The zero-order valence-electron chi connectivity index (χ0n) is 15.1. The van der Waals surface area contributed by atoms with Gasteiger partial charge in [0.15, 0.2) is 5.56 Å². The molecule has 3 heterocycles. The minimum Gasteiger partial charge on any atom is -0.492 e. The predicted octanol–water partition coefficient (Wildman–Crippen LogP) is 0.354. The first-order chi connectivity index (χ1) is 13.3. The van der Waals surface area contributed by atoms with Gasteiger partial charge in [0.05, 0.1) is 6.54 Å². The first-order valence-electron chi connectivity index (χ1n) is 8.87. The molecule has 2 aliphatic rings. The number of fused-ring (bicyclic) bond motifs is 3. The van der Waals surface area contributed by atoms with Gasteiger partial charge in [-0.2, -0.15) is 10.5 Å². The Morgan fingerprint density at radius 2 is 2.11 bits per heavy atom. The van der Waals surface area contributed by atoms with Gasteiger partial charge in [0.1, 0.15) is 0 Å². The summed E-state index contributed by atoms with van der Waals surface area (Å²) in [5, 5.41) is 10.0. The molecule has 0 atom stereocenters. The molecule has 0 saturated heterocycles. The molecule has 2 amide bonds. The van der Waals surface area contributed by atoms with Gasteiger partial charge in [0, 0.05) is 36.9 Å². The number of aromatic hydroxyl groups is 1. The van der Waals surface area contributed by atoms with Crippen LogP contribution in [0.1, 0.15) is 47.1 Å². The third-order valence-corrected chi connectivity index (χ3v) is 5.89. The van der Waals surface area contributed by atoms with E-state index in [9.17, 15) is 24.3 Å². The van der Waals surface area contributed by atoms with Crippen molar-refractivity contribution in [2.45, 2.75) is 39.2 Å². The van der Waals surface area contributed by atoms with Crippen molar-refractivity contribution in [1.82, 2.24) is 19.8 Å². The zero-order valence-corrected chi connectivity index (χ0v) is 15.9. The molecule has 28 heavy (non-hydrogen) atoms. The molecular weight excluding hydrogens is 388 g/mol. The number of thiazole rings is 1. The lowest BCUT2D eigenvalue weighted by Crippen LogP contribution is -2.37. The SMILES string of the molecule is CC(=O)ONC(=O)c1c(O)nc2sc3c(n2c1=O)CCN(C(=O)CC1CC1)C3. The molecule has 2 N–H and O–H groups in total. The highest BCUT2D eigenvalue weighted by atomic mass is 32.1. The van der Waals surface area contributed by atoms with Gasteiger partial charge in [0.25, 0.3) is 11.5 Å². The standard InChI is InChI=1S/C17H18N4O6S/c1-8(22)27-19-15(25)13-14(24)18-17-21(16(13)26)10-4-5-20(7-11(10)28-17)12(23)6-9-2-3-9/h9,24H,2-7H2,1H3,(H,19,25). The normalized spacial score (nSPS) is 16.0. The molecule has 1 saturated carbocycles. The summed E-state index contributed by atoms with van der Waals surface area (Å²) in [5.41, 5.74) is 1.13. The van der Waals surface area contributed by atoms with Crippen molar-refractivity contribution in [1.29, 1.82) is 0 Å². The smallest absolute Gasteiger partial charge is 0.329 e. The van der Waals surface area contributed by atoms with Crippen LogP contribution in [-0.4, -0.2) is 43.7 Å². The third kappa shape index (κ3) is 3.33. The maximum Gasteiger partial charge on any atom is 0.329 e. The Morgan fingerprint density at radius 1 is 1.36 bits per heavy atom. The van der Waals surface area contributed by atoms with E-state index >= 15 is 0 Å². The summed E-state index contributed by atoms with van der Waals surface area (Å²) in [5.74, 6) is -1.97. The number of nitrogens with zero attached hydrogens (tertiary/aromatic N) is 3. The van der Waals surface area contributed by atoms with E-state index in [0.29, 0.717) is 37.5 Å². The Morgan fingerprint density at radius 3 is 2.79 bits per heavy atom. The number of hydroxylamine groups is 1. The van der Waals surface area contributed by atoms with Crippen LogP contribution in [0.4, 0.5) is 0 Å². The number of hydrogen-bond donors (Lipinski definition) is 2. The molecule has 4 rings (SSSR count). The van der Waals surface area contributed by atoms with E-state index in [4.69, 9.17) is 0 Å². The molecule has 1 aliphatic heterocycles. The highest BCUT2D eigenvalue weighted by Crippen LogP contribution is 2.34. The minimum absolute atomic E-state index is 0.107. The summed E-state index contributed by atoms with van der Waals surface area (Å²) in [6, 6.07) is 0. The van der Waals surface area contributed by atoms with Gasteiger partial charge in [-0.05, 0) is 18.8 Å². The summed E-state index contributed by atoms with van der Waals surface area (Å²) in [6.45, 7) is 1.94. The summed E-state index contributed by atoms with van der Waals surface area (Å²) >= 11 is 1.20. The number of aromatic nitrogens is 2. The number of hydrogen-bond acceptors (Lipinski definition) is 8. The topological polar surface area (TPSA) is 130 Å². The van der Waals surface area contributed by atoms with Crippen LogP contribution in [-0.2, 0) is 27.4 Å². The molecule has 1 fully saturated rings. The van der Waals surface area contributed by atoms with Gasteiger partial charge < -0.3 is 14.8 Å². The van der Waals surface area contributed by atoms with Crippen LogP contribution in [0.25, 0.3) is 4.96 Å². The zero-order chi connectivity index (χ0) is 20.0. The van der Waals surface area contributed by atoms with Crippen molar-refractivity contribution < 1.29 is 24.3 Å². The van der Waals surface area contributed by atoms with E-state index in [2.05, 4.69) is 9.82 Å². The van der Waals surface area contributed by atoms with E-state index in [0.717, 1.165) is 24.6 Å². The molecule has 0 bridgehead atoms. The summed E-state index contributed by atoms with van der Waals surface area (Å²) in [7, 11) is 0. The Hall–Kier alpha value is -2.95. The second-order valence-corrected chi connectivity index (χ2v) is 8.01. The van der Waals surface area contributed by atoms with Crippen molar-refractivity contribution in [2.24, 2.45) is 5.92 Å². The molecule has 0 unspecified atom stereocenters. The Kier molecular flexibility index (Phi) is 4.53. The number of carbonyl (C=O) groups is 3. The second-order valence-electron chi connectivity index (χ2n) is 6.94. The Balaban J connectivity index is 1.66. The van der Waals surface area contributed by atoms with Gasteiger partial charge in [-0.25, -0.2) is 0 Å². The minimum atomic E-state index is -1.06. The molecule has 148 valence electrons. The maximum absolute atomic E-state index is 12.8. The lowest BCUT2D eigenvalue weighted by molar-refractivity contribution is -0.146. The largest absolute Gasteiger partial charge is 0.492 e. The van der Waals surface area contributed by atoms with Gasteiger partial charge in [-0.15, -0.1) is 0 Å². The second kappa shape index (κ2) is 6.89. The number of rotatable bonds is 3. The number of nitrogens with one attached hydrogen (secondary N) is 1. The van der Waals surface area contributed by atoms with Gasteiger partial charge in [-0.1, -0.05) is 11.3 Å². The van der Waals surface area contributed by atoms with Crippen LogP contribution >= 0.6 is 11.3 Å². The maximum atomic E-state index is 12.8. The fourth-order valence-corrected chi connectivity index (χ4v) is 4.41. The summed E-state index contributed by atoms with van der Waals surface area (Å²) in [4.78, 5) is 59.3. The molecule has 10 nitrogen and oxygen atoms in total. The number of amides is 2. The quantitative estimate of drug-likeness (QED) is 0.704. The van der Waals surface area contributed by atoms with E-state index in [-0.39, 0.29) is 10.9 Å². The van der Waals surface area contributed by atoms with Crippen LogP contribution in [0.2, 0.25) is 0 Å². The first-order valence-corrected chi connectivity index (χ1v) is 9.68. The fourth-order valence-electron chi connectivity index (χ4n) is 3.24. The van der Waals surface area contributed by atoms with Gasteiger partial charge >= 0.3 is 5.97 Å². The molecule has 11 heteroatoms. The molecule has 0 spiro atoms. The van der Waals surface area contributed by atoms with Crippen LogP contribution in [0.5, 0.6) is 5.88 Å². The van der Waals surface area contributed by atoms with Crippen molar-refractivity contribution in [3.8, 4) is 5.88 Å². The first kappa shape index (κ1) is 18.4. The monoisotopic (exact) mass is 406 g/mol. The van der Waals surface area contributed by atoms with E-state index < -0.39 is 28.9 Å². The number of carbonyl (C=O) groups excluding carboxylic acids is 3. The summed E-state index contributed by atoms with van der Waals surface area (Å²) < 4.78 is 1.28. The van der Waals surface area contributed by atoms with Crippen LogP contribution in [0.15, 0.2) is 4.79 Å². The fraction of sp³-hybridized carbons (Fsp3) is 0.471. The molecule has 0 radical (unpaired) electrons. The van der Waals surface area contributed by atoms with Gasteiger partial charge in [-0.3, -0.25) is 23.6 Å². The molecule has 0 aromatic carbocycles. The van der Waals surface area contributed by atoms with E-state index in [1.165, 1.54) is 15.7 Å². The van der Waals surface area contributed by atoms with Crippen LogP contribution < -0.4 is 11.0 Å². The molecule has 2 aromatic rings. The molecule has 2 aromatic heterocycles. The van der Waals surface area contributed by atoms with Gasteiger partial charge in [0.2, 0.25) is 16.7 Å². The third-order valence-electron chi connectivity index (χ3n) is 4.82. The van der Waals surface area contributed by atoms with Crippen molar-refractivity contribution in [3.63, 3.8) is 0 Å². The Bertz CT molecular complexity index is 1050. The van der Waals surface area contributed by atoms with Crippen LogP contribution in [0.3, 0.4) is 0 Å². The summed E-state index contributed by atoms with van der Waals surface area (Å²) in [6.07, 6.45) is 3.21. The average Bonchev–Trinajstić information content (AvgIpc) is 3.37.